The Kier molecular flexibility index (Phi) is 15.3. The Labute approximate surface area is 117 Å². The van der Waals surface area contributed by atoms with Gasteiger partial charge < -0.3 is 15.3 Å². The van der Waals surface area contributed by atoms with Gasteiger partial charge in [0.05, 0.1) is 0 Å². The van der Waals surface area contributed by atoms with Gasteiger partial charge in [0.2, 0.25) is 0 Å². The topological polar surface area (TPSA) is 69.2 Å². The van der Waals surface area contributed by atoms with Gasteiger partial charge in [0.25, 0.3) is 0 Å². The Balaban J connectivity index is -0.0000000655. The van der Waals surface area contributed by atoms with Gasteiger partial charge in [0, 0.05) is 0 Å². The number of hydrogen-bond acceptors (Lipinski definition) is 3. The summed E-state index contributed by atoms with van der Waals surface area (Å²) in [7, 11) is 0. The molecule has 16 heavy (non-hydrogen) atoms. The van der Waals surface area contributed by atoms with E-state index in [1.165, 1.54) is 0 Å². The first-order chi connectivity index (χ1) is 6.00. The molecule has 0 saturated heterocycles. The second-order valence-electron chi connectivity index (χ2n) is 6.34. The van der Waals surface area contributed by atoms with Crippen LogP contribution in [-0.2, 0) is 22.4 Å². The molecule has 104 valence electrons. The first-order valence-electron chi connectivity index (χ1n) is 5.11. The summed E-state index contributed by atoms with van der Waals surface area (Å²) in [6.45, 7) is 14.7. The van der Waals surface area contributed by atoms with Gasteiger partial charge in [-0.2, -0.15) is 0 Å². The van der Waals surface area contributed by atoms with E-state index in [2.05, 4.69) is 0 Å². The SMILES string of the molecule is CC(C)(C)[O-].CC(C)(C)[O-].CC(C)(C)[O-].[Au+3]. The molecular weight excluding hydrogens is 389 g/mol. The standard InChI is InChI=1S/3C4H9O.Au/c3*1-4(2,3)5;/h3*1-3H3;/q3*-1;+3. The van der Waals surface area contributed by atoms with E-state index in [0.717, 1.165) is 0 Å². The molecule has 0 aliphatic rings. The molecule has 0 aromatic heterocycles. The minimum absolute atomic E-state index is 0. The predicted molar refractivity (Wildman–Crippen MR) is 59.3 cm³/mol. The fourth-order valence-corrected chi connectivity index (χ4v) is 0. The maximum Gasteiger partial charge on any atom is 3.00 e. The van der Waals surface area contributed by atoms with Crippen LogP contribution in [0.25, 0.3) is 0 Å². The van der Waals surface area contributed by atoms with E-state index >= 15 is 0 Å². The monoisotopic (exact) mass is 416 g/mol. The largest absolute Gasteiger partial charge is 3.00 e. The minimum atomic E-state index is -0.750. The Hall–Kier alpha value is 0.620. The summed E-state index contributed by atoms with van der Waals surface area (Å²) >= 11 is 0. The number of rotatable bonds is 0. The summed E-state index contributed by atoms with van der Waals surface area (Å²) in [5.74, 6) is 0. The van der Waals surface area contributed by atoms with E-state index in [0.29, 0.717) is 0 Å². The Morgan fingerprint density at radius 3 is 0.438 bits per heavy atom. The normalized spacial score (nSPS) is 11.2. The van der Waals surface area contributed by atoms with Crippen LogP contribution in [-0.4, -0.2) is 16.8 Å². The molecule has 3 nitrogen and oxygen atoms in total. The maximum absolute atomic E-state index is 10.1. The van der Waals surface area contributed by atoms with Crippen molar-refractivity contribution in [3.63, 3.8) is 0 Å². The van der Waals surface area contributed by atoms with Crippen molar-refractivity contribution in [2.24, 2.45) is 0 Å². The van der Waals surface area contributed by atoms with Crippen molar-refractivity contribution in [2.75, 3.05) is 0 Å². The molecule has 0 N–H and O–H groups in total. The van der Waals surface area contributed by atoms with Crippen LogP contribution >= 0.6 is 0 Å². The Morgan fingerprint density at radius 2 is 0.438 bits per heavy atom. The molecule has 0 saturated carbocycles. The summed E-state index contributed by atoms with van der Waals surface area (Å²) in [6.07, 6.45) is 0. The van der Waals surface area contributed by atoms with Gasteiger partial charge in [-0.25, -0.2) is 0 Å². The zero-order valence-electron chi connectivity index (χ0n) is 12.0. The third-order valence-corrected chi connectivity index (χ3v) is 0. The second-order valence-corrected chi connectivity index (χ2v) is 6.34. The van der Waals surface area contributed by atoms with E-state index < -0.39 is 16.8 Å². The molecule has 0 rings (SSSR count). The van der Waals surface area contributed by atoms with Gasteiger partial charge >= 0.3 is 22.4 Å². The minimum Gasteiger partial charge on any atom is -0.850 e. The fraction of sp³-hybridized carbons (Fsp3) is 1.00. The molecule has 0 fully saturated rings. The average molecular weight is 416 g/mol. The molecule has 0 aliphatic heterocycles. The second kappa shape index (κ2) is 9.63. The van der Waals surface area contributed by atoms with Crippen molar-refractivity contribution < 1.29 is 37.7 Å². The molecule has 0 atom stereocenters. The van der Waals surface area contributed by atoms with E-state index in [9.17, 15) is 15.3 Å². The zero-order chi connectivity index (χ0) is 13.5. The van der Waals surface area contributed by atoms with Crippen LogP contribution in [0.4, 0.5) is 0 Å². The maximum atomic E-state index is 10.1. The van der Waals surface area contributed by atoms with Crippen LogP contribution in [0.1, 0.15) is 62.3 Å². The first-order valence-corrected chi connectivity index (χ1v) is 5.11. The molecule has 0 bridgehead atoms. The molecule has 0 unspecified atom stereocenters. The van der Waals surface area contributed by atoms with E-state index in [1.54, 1.807) is 62.3 Å². The third-order valence-electron chi connectivity index (χ3n) is 0. The fourth-order valence-electron chi connectivity index (χ4n) is 0. The van der Waals surface area contributed by atoms with Crippen LogP contribution in [0, 0.1) is 0 Å². The molecule has 0 radical (unpaired) electrons. The van der Waals surface area contributed by atoms with Crippen LogP contribution in [0.2, 0.25) is 0 Å². The molecule has 0 aromatic carbocycles. The van der Waals surface area contributed by atoms with Crippen LogP contribution < -0.4 is 15.3 Å². The smallest absolute Gasteiger partial charge is 0.850 e. The van der Waals surface area contributed by atoms with Crippen molar-refractivity contribution in [1.82, 2.24) is 0 Å². The van der Waals surface area contributed by atoms with Crippen molar-refractivity contribution in [3.8, 4) is 0 Å². The quantitative estimate of drug-likeness (QED) is 0.538. The average Bonchev–Trinajstić information content (AvgIpc) is 1.41. The van der Waals surface area contributed by atoms with E-state index in [1.807, 2.05) is 0 Å². The molecule has 0 aromatic rings. The van der Waals surface area contributed by atoms with Gasteiger partial charge in [-0.1, -0.05) is 62.3 Å². The van der Waals surface area contributed by atoms with Crippen LogP contribution in [0.5, 0.6) is 0 Å². The molecule has 0 heterocycles. The summed E-state index contributed by atoms with van der Waals surface area (Å²) in [5, 5.41) is 30.3. The molecule has 0 aliphatic carbocycles. The van der Waals surface area contributed by atoms with Crippen LogP contribution in [0.3, 0.4) is 0 Å². The summed E-state index contributed by atoms with van der Waals surface area (Å²) in [5.41, 5.74) is -2.25. The summed E-state index contributed by atoms with van der Waals surface area (Å²) in [4.78, 5) is 0. The van der Waals surface area contributed by atoms with Crippen molar-refractivity contribution >= 4 is 0 Å². The van der Waals surface area contributed by atoms with Gasteiger partial charge in [0.1, 0.15) is 0 Å². The van der Waals surface area contributed by atoms with Crippen molar-refractivity contribution in [1.29, 1.82) is 0 Å². The van der Waals surface area contributed by atoms with Gasteiger partial charge in [-0.3, -0.25) is 0 Å². The predicted octanol–water partition coefficient (Wildman–Crippen LogP) is 0.433. The Morgan fingerprint density at radius 1 is 0.438 bits per heavy atom. The van der Waals surface area contributed by atoms with E-state index in [4.69, 9.17) is 0 Å². The van der Waals surface area contributed by atoms with Crippen molar-refractivity contribution in [2.45, 2.75) is 79.1 Å². The van der Waals surface area contributed by atoms with Crippen molar-refractivity contribution in [3.05, 3.63) is 0 Å². The Bertz CT molecular complexity index is 91.3. The summed E-state index contributed by atoms with van der Waals surface area (Å²) < 4.78 is 0. The van der Waals surface area contributed by atoms with Gasteiger partial charge in [-0.15, -0.1) is 16.8 Å². The van der Waals surface area contributed by atoms with Gasteiger partial charge in [0.15, 0.2) is 0 Å². The summed E-state index contributed by atoms with van der Waals surface area (Å²) in [6, 6.07) is 0. The third kappa shape index (κ3) is 7050. The molecule has 0 amide bonds. The molecule has 0 spiro atoms. The first kappa shape index (κ1) is 25.5. The van der Waals surface area contributed by atoms with Crippen LogP contribution in [0.15, 0.2) is 0 Å². The number of hydrogen-bond donors (Lipinski definition) is 0. The van der Waals surface area contributed by atoms with E-state index in [-0.39, 0.29) is 22.4 Å². The zero-order valence-corrected chi connectivity index (χ0v) is 14.2. The van der Waals surface area contributed by atoms with Gasteiger partial charge in [-0.05, 0) is 0 Å². The molecule has 4 heteroatoms. The molecular formula is C12H27AuO3.